The van der Waals surface area contributed by atoms with Gasteiger partial charge in [0.05, 0.1) is 17.0 Å². The molecule has 2 aliphatic heterocycles. The van der Waals surface area contributed by atoms with Gasteiger partial charge in [-0.15, -0.1) is 22.7 Å². The van der Waals surface area contributed by atoms with Gasteiger partial charge in [-0.1, -0.05) is 18.0 Å². The summed E-state index contributed by atoms with van der Waals surface area (Å²) in [6, 6.07) is 2.50. The van der Waals surface area contributed by atoms with Gasteiger partial charge in [-0.25, -0.2) is 13.2 Å². The molecule has 2 aromatic rings. The third kappa shape index (κ3) is 4.91. The number of rotatable bonds is 6. The van der Waals surface area contributed by atoms with E-state index < -0.39 is 27.9 Å². The maximum absolute atomic E-state index is 13.4. The summed E-state index contributed by atoms with van der Waals surface area (Å²) in [5.41, 5.74) is 1.29. The summed E-state index contributed by atoms with van der Waals surface area (Å²) in [5.74, 6) is -0.928. The number of carbonyl (C=O) groups excluding carboxylic acids is 2. The molecule has 1 N–H and O–H groups in total. The molecule has 12 heteroatoms. The Hall–Kier alpha value is -1.50. The van der Waals surface area contributed by atoms with Gasteiger partial charge in [0.2, 0.25) is 5.91 Å². The maximum Gasteiger partial charge on any atom is 0.341 e. The summed E-state index contributed by atoms with van der Waals surface area (Å²) in [4.78, 5) is 29.4. The highest BCUT2D eigenvalue weighted by molar-refractivity contribution is 7.91. The fourth-order valence-corrected chi connectivity index (χ4v) is 9.00. The standard InChI is InChI=1S/C22H28ClN3O5S3/c1-13(2)25-11-9-14-16(12-25)32-21(19(14)22(28)31-3)24-20(27)15-6-4-5-10-26(15)34(29,30)18-8-7-17(23)33-18/h7-8,13,15H,4-6,9-12H2,1-3H3,(H,24,27). The predicted molar refractivity (Wildman–Crippen MR) is 134 cm³/mol. The maximum atomic E-state index is 13.4. The van der Waals surface area contributed by atoms with Gasteiger partial charge in [-0.05, 0) is 50.8 Å². The molecule has 186 valence electrons. The zero-order valence-electron chi connectivity index (χ0n) is 19.3. The second kappa shape index (κ2) is 10.2. The third-order valence-electron chi connectivity index (χ3n) is 6.31. The lowest BCUT2D eigenvalue weighted by molar-refractivity contribution is -0.120. The van der Waals surface area contributed by atoms with Crippen LogP contribution in [0, 0.1) is 0 Å². The Kier molecular flexibility index (Phi) is 7.70. The molecule has 4 rings (SSSR count). The summed E-state index contributed by atoms with van der Waals surface area (Å²) in [5, 5.41) is 3.31. The number of carbonyl (C=O) groups is 2. The van der Waals surface area contributed by atoms with Crippen molar-refractivity contribution in [3.8, 4) is 0 Å². The lowest BCUT2D eigenvalue weighted by Crippen LogP contribution is -2.49. The molecule has 4 heterocycles. The number of fused-ring (bicyclic) bond motifs is 1. The molecule has 34 heavy (non-hydrogen) atoms. The van der Waals surface area contributed by atoms with Crippen LogP contribution < -0.4 is 5.32 Å². The molecule has 2 aromatic heterocycles. The Morgan fingerprint density at radius 2 is 1.97 bits per heavy atom. The first-order valence-corrected chi connectivity index (χ1v) is 14.6. The van der Waals surface area contributed by atoms with E-state index in [0.29, 0.717) is 46.7 Å². The molecule has 1 amide bonds. The number of halogens is 1. The first-order valence-electron chi connectivity index (χ1n) is 11.2. The molecule has 0 radical (unpaired) electrons. The zero-order chi connectivity index (χ0) is 24.6. The molecule has 1 fully saturated rings. The van der Waals surface area contributed by atoms with Crippen LogP contribution in [0.4, 0.5) is 5.00 Å². The van der Waals surface area contributed by atoms with E-state index in [1.165, 1.54) is 34.9 Å². The first-order chi connectivity index (χ1) is 16.1. The average molecular weight is 546 g/mol. The van der Waals surface area contributed by atoms with E-state index >= 15 is 0 Å². The van der Waals surface area contributed by atoms with Crippen LogP contribution in [0.15, 0.2) is 16.3 Å². The number of esters is 1. The van der Waals surface area contributed by atoms with E-state index in [1.54, 1.807) is 0 Å². The molecule has 0 bridgehead atoms. The lowest BCUT2D eigenvalue weighted by atomic mass is 10.0. The molecule has 1 saturated heterocycles. The number of amides is 1. The van der Waals surface area contributed by atoms with Gasteiger partial charge in [0.15, 0.2) is 0 Å². The van der Waals surface area contributed by atoms with Crippen LogP contribution in [0.2, 0.25) is 4.34 Å². The van der Waals surface area contributed by atoms with Crippen LogP contribution >= 0.6 is 34.3 Å². The van der Waals surface area contributed by atoms with E-state index in [2.05, 4.69) is 24.1 Å². The number of nitrogens with zero attached hydrogens (tertiary/aromatic N) is 2. The van der Waals surface area contributed by atoms with Crippen LogP contribution in [0.3, 0.4) is 0 Å². The molecule has 1 atom stereocenters. The van der Waals surface area contributed by atoms with Gasteiger partial charge in [0.1, 0.15) is 15.3 Å². The molecule has 8 nitrogen and oxygen atoms in total. The topological polar surface area (TPSA) is 96.0 Å². The minimum absolute atomic E-state index is 0.118. The van der Waals surface area contributed by atoms with Gasteiger partial charge >= 0.3 is 5.97 Å². The summed E-state index contributed by atoms with van der Waals surface area (Å²) < 4.78 is 33.3. The van der Waals surface area contributed by atoms with Crippen molar-refractivity contribution < 1.29 is 22.7 Å². The molecule has 0 aromatic carbocycles. The van der Waals surface area contributed by atoms with Crippen molar-refractivity contribution in [3.05, 3.63) is 32.5 Å². The van der Waals surface area contributed by atoms with Crippen molar-refractivity contribution in [2.75, 3.05) is 25.5 Å². The highest BCUT2D eigenvalue weighted by atomic mass is 35.5. The van der Waals surface area contributed by atoms with Gasteiger partial charge in [0.25, 0.3) is 10.0 Å². The number of hydrogen-bond donors (Lipinski definition) is 1. The van der Waals surface area contributed by atoms with E-state index in [1.807, 2.05) is 0 Å². The monoisotopic (exact) mass is 545 g/mol. The smallest absolute Gasteiger partial charge is 0.341 e. The number of sulfonamides is 1. The third-order valence-corrected chi connectivity index (χ3v) is 11.0. The summed E-state index contributed by atoms with van der Waals surface area (Å²) in [6.45, 7) is 6.02. The lowest BCUT2D eigenvalue weighted by Gasteiger charge is -2.33. The Labute approximate surface area is 212 Å². The summed E-state index contributed by atoms with van der Waals surface area (Å²) in [7, 11) is -2.54. The predicted octanol–water partition coefficient (Wildman–Crippen LogP) is 4.20. The number of ether oxygens (including phenoxy) is 1. The fourth-order valence-electron chi connectivity index (χ4n) is 4.47. The summed E-state index contributed by atoms with van der Waals surface area (Å²) >= 11 is 8.31. The number of nitrogens with one attached hydrogen (secondary N) is 1. The Morgan fingerprint density at radius 1 is 1.21 bits per heavy atom. The average Bonchev–Trinajstić information content (AvgIpc) is 3.41. The van der Waals surface area contributed by atoms with E-state index in [9.17, 15) is 18.0 Å². The molecular formula is C22H28ClN3O5S3. The fraction of sp³-hybridized carbons (Fsp3) is 0.545. The van der Waals surface area contributed by atoms with Gasteiger partial charge in [-0.2, -0.15) is 4.31 Å². The minimum Gasteiger partial charge on any atom is -0.465 e. The highest BCUT2D eigenvalue weighted by Crippen LogP contribution is 2.39. The molecular weight excluding hydrogens is 518 g/mol. The highest BCUT2D eigenvalue weighted by Gasteiger charge is 2.39. The molecule has 0 aliphatic carbocycles. The number of piperidine rings is 1. The van der Waals surface area contributed by atoms with Crippen molar-refractivity contribution in [2.24, 2.45) is 0 Å². The number of methoxy groups -OCH3 is 1. The zero-order valence-corrected chi connectivity index (χ0v) is 22.5. The molecule has 2 aliphatic rings. The SMILES string of the molecule is COC(=O)c1c(NC(=O)C2CCCCN2S(=O)(=O)c2ccc(Cl)s2)sc2c1CCN(C(C)C)C2. The van der Waals surface area contributed by atoms with Crippen LogP contribution in [0.1, 0.15) is 53.9 Å². The Bertz CT molecular complexity index is 1190. The van der Waals surface area contributed by atoms with Gasteiger partial charge < -0.3 is 10.1 Å². The minimum atomic E-state index is -3.87. The Balaban J connectivity index is 1.63. The summed E-state index contributed by atoms with van der Waals surface area (Å²) in [6.07, 6.45) is 2.51. The molecule has 0 saturated carbocycles. The van der Waals surface area contributed by atoms with E-state index in [0.717, 1.165) is 34.7 Å². The second-order valence-electron chi connectivity index (χ2n) is 8.69. The second-order valence-corrected chi connectivity index (χ2v) is 13.6. The number of hydrogen-bond acceptors (Lipinski definition) is 8. The largest absolute Gasteiger partial charge is 0.465 e. The van der Waals surface area contributed by atoms with Crippen LogP contribution in [0.25, 0.3) is 0 Å². The van der Waals surface area contributed by atoms with Crippen molar-refractivity contribution in [1.82, 2.24) is 9.21 Å². The van der Waals surface area contributed by atoms with Gasteiger partial charge in [-0.3, -0.25) is 9.69 Å². The van der Waals surface area contributed by atoms with Crippen molar-refractivity contribution in [1.29, 1.82) is 0 Å². The number of thiophene rings is 2. The first kappa shape index (κ1) is 25.6. The van der Waals surface area contributed by atoms with E-state index in [4.69, 9.17) is 16.3 Å². The van der Waals surface area contributed by atoms with Crippen molar-refractivity contribution >= 4 is 61.2 Å². The van der Waals surface area contributed by atoms with Crippen LogP contribution in [0.5, 0.6) is 0 Å². The van der Waals surface area contributed by atoms with Crippen LogP contribution in [-0.4, -0.2) is 61.8 Å². The van der Waals surface area contributed by atoms with Crippen LogP contribution in [-0.2, 0) is 32.5 Å². The van der Waals surface area contributed by atoms with Crippen molar-refractivity contribution in [2.45, 2.75) is 62.4 Å². The van der Waals surface area contributed by atoms with Gasteiger partial charge in [0, 0.05) is 30.6 Å². The molecule has 0 spiro atoms. The normalized spacial score (nSPS) is 19.7. The van der Waals surface area contributed by atoms with Crippen molar-refractivity contribution in [3.63, 3.8) is 0 Å². The Morgan fingerprint density at radius 3 is 2.62 bits per heavy atom. The number of anilines is 1. The van der Waals surface area contributed by atoms with E-state index in [-0.39, 0.29) is 10.8 Å². The molecule has 1 unspecified atom stereocenters. The quantitative estimate of drug-likeness (QED) is 0.547.